The number of benzene rings is 1. The van der Waals surface area contributed by atoms with Crippen molar-refractivity contribution in [1.29, 1.82) is 0 Å². The lowest BCUT2D eigenvalue weighted by molar-refractivity contribution is 0.0702. The summed E-state index contributed by atoms with van der Waals surface area (Å²) in [6.45, 7) is 3.94. The van der Waals surface area contributed by atoms with Crippen LogP contribution in [0.25, 0.3) is 0 Å². The number of carboxylic acids is 1. The molecular formula is C17H19NO3S. The van der Waals surface area contributed by atoms with Gasteiger partial charge in [0.2, 0.25) is 0 Å². The number of nitrogens with one attached hydrogen (secondary N) is 1. The molecule has 2 aromatic rings. The number of hydrogen-bond acceptors (Lipinski definition) is 3. The van der Waals surface area contributed by atoms with Crippen molar-refractivity contribution in [2.24, 2.45) is 0 Å². The summed E-state index contributed by atoms with van der Waals surface area (Å²) >= 11 is 0.993. The van der Waals surface area contributed by atoms with E-state index in [1.807, 2.05) is 32.0 Å². The maximum Gasteiger partial charge on any atom is 0.345 e. The molecule has 5 heteroatoms. The molecule has 2 N–H and O–H groups in total. The van der Waals surface area contributed by atoms with Crippen LogP contribution in [0.2, 0.25) is 0 Å². The fraction of sp³-hybridized carbons (Fsp3) is 0.294. The molecule has 0 saturated heterocycles. The summed E-state index contributed by atoms with van der Waals surface area (Å²) in [6, 6.07) is 13.1. The molecule has 0 fully saturated rings. The molecular weight excluding hydrogens is 298 g/mol. The fourth-order valence-corrected chi connectivity index (χ4v) is 2.85. The van der Waals surface area contributed by atoms with Gasteiger partial charge in [-0.05, 0) is 44.4 Å². The van der Waals surface area contributed by atoms with Crippen molar-refractivity contribution in [1.82, 2.24) is 5.32 Å². The van der Waals surface area contributed by atoms with Crippen molar-refractivity contribution in [3.8, 4) is 0 Å². The second-order valence-electron chi connectivity index (χ2n) is 5.79. The molecule has 0 unspecified atom stereocenters. The topological polar surface area (TPSA) is 66.4 Å². The maximum absolute atomic E-state index is 12.2. The summed E-state index contributed by atoms with van der Waals surface area (Å²) in [6.07, 6.45) is 1.68. The van der Waals surface area contributed by atoms with Crippen molar-refractivity contribution >= 4 is 23.2 Å². The van der Waals surface area contributed by atoms with Crippen LogP contribution in [0.4, 0.5) is 0 Å². The molecule has 0 aliphatic heterocycles. The Morgan fingerprint density at radius 1 is 1.09 bits per heavy atom. The van der Waals surface area contributed by atoms with Gasteiger partial charge in [-0.2, -0.15) is 0 Å². The van der Waals surface area contributed by atoms with E-state index in [1.165, 1.54) is 11.6 Å². The Bertz CT molecular complexity index is 662. The Morgan fingerprint density at radius 3 is 2.32 bits per heavy atom. The van der Waals surface area contributed by atoms with Gasteiger partial charge in [0.05, 0.1) is 4.88 Å². The van der Waals surface area contributed by atoms with E-state index in [0.29, 0.717) is 4.88 Å². The van der Waals surface area contributed by atoms with Crippen LogP contribution in [-0.4, -0.2) is 22.5 Å². The third kappa shape index (κ3) is 4.43. The molecule has 0 aliphatic rings. The Labute approximate surface area is 133 Å². The summed E-state index contributed by atoms with van der Waals surface area (Å²) in [5.74, 6) is -1.23. The van der Waals surface area contributed by atoms with Crippen LogP contribution in [0.1, 0.15) is 45.2 Å². The van der Waals surface area contributed by atoms with E-state index in [4.69, 9.17) is 5.11 Å². The van der Waals surface area contributed by atoms with Crippen LogP contribution in [0.15, 0.2) is 42.5 Å². The molecule has 1 heterocycles. The lowest BCUT2D eigenvalue weighted by Crippen LogP contribution is -2.43. The summed E-state index contributed by atoms with van der Waals surface area (Å²) in [4.78, 5) is 23.7. The molecule has 1 aromatic heterocycles. The zero-order valence-electron chi connectivity index (χ0n) is 12.6. The summed E-state index contributed by atoms with van der Waals surface area (Å²) in [5, 5.41) is 11.9. The van der Waals surface area contributed by atoms with Crippen LogP contribution in [0.5, 0.6) is 0 Å². The van der Waals surface area contributed by atoms with Crippen LogP contribution in [-0.2, 0) is 6.42 Å². The van der Waals surface area contributed by atoms with Crippen LogP contribution < -0.4 is 5.32 Å². The van der Waals surface area contributed by atoms with Gasteiger partial charge in [0, 0.05) is 5.54 Å². The zero-order chi connectivity index (χ0) is 16.2. The standard InChI is InChI=1S/C17H19NO3S/c1-17(2,11-10-12-6-4-3-5-7-12)18-15(19)13-8-9-14(22-13)16(20)21/h3-9H,10-11H2,1-2H3,(H,18,19)(H,20,21). The largest absolute Gasteiger partial charge is 0.477 e. The van der Waals surface area contributed by atoms with Gasteiger partial charge in [-0.1, -0.05) is 30.3 Å². The Balaban J connectivity index is 1.95. The number of thiophene rings is 1. The molecule has 0 saturated carbocycles. The SMILES string of the molecule is CC(C)(CCc1ccccc1)NC(=O)c1ccc(C(=O)O)s1. The smallest absolute Gasteiger partial charge is 0.345 e. The molecule has 0 bridgehead atoms. The first kappa shape index (κ1) is 16.2. The van der Waals surface area contributed by atoms with Gasteiger partial charge in [-0.15, -0.1) is 11.3 Å². The number of carbonyl (C=O) groups excluding carboxylic acids is 1. The van der Waals surface area contributed by atoms with Gasteiger partial charge >= 0.3 is 5.97 Å². The number of carbonyl (C=O) groups is 2. The number of amides is 1. The molecule has 1 amide bonds. The molecule has 0 spiro atoms. The highest BCUT2D eigenvalue weighted by atomic mass is 32.1. The molecule has 0 atom stereocenters. The van der Waals surface area contributed by atoms with Gasteiger partial charge < -0.3 is 10.4 Å². The molecule has 22 heavy (non-hydrogen) atoms. The number of aryl methyl sites for hydroxylation is 1. The first-order valence-electron chi connectivity index (χ1n) is 7.07. The molecule has 0 radical (unpaired) electrons. The summed E-state index contributed by atoms with van der Waals surface area (Å²) in [5.41, 5.74) is 0.870. The normalized spacial score (nSPS) is 11.2. The minimum Gasteiger partial charge on any atom is -0.477 e. The van der Waals surface area contributed by atoms with Crippen molar-refractivity contribution < 1.29 is 14.7 Å². The first-order valence-corrected chi connectivity index (χ1v) is 7.89. The quantitative estimate of drug-likeness (QED) is 0.855. The van der Waals surface area contributed by atoms with E-state index in [0.717, 1.165) is 24.2 Å². The monoisotopic (exact) mass is 317 g/mol. The highest BCUT2D eigenvalue weighted by Gasteiger charge is 2.22. The van der Waals surface area contributed by atoms with E-state index in [-0.39, 0.29) is 16.3 Å². The highest BCUT2D eigenvalue weighted by Crippen LogP contribution is 2.19. The van der Waals surface area contributed by atoms with Crippen molar-refractivity contribution in [2.75, 3.05) is 0 Å². The predicted octanol–water partition coefficient (Wildman–Crippen LogP) is 3.59. The van der Waals surface area contributed by atoms with Gasteiger partial charge in [0.25, 0.3) is 5.91 Å². The highest BCUT2D eigenvalue weighted by molar-refractivity contribution is 7.15. The zero-order valence-corrected chi connectivity index (χ0v) is 13.4. The maximum atomic E-state index is 12.2. The van der Waals surface area contributed by atoms with Gasteiger partial charge in [0.1, 0.15) is 4.88 Å². The summed E-state index contributed by atoms with van der Waals surface area (Å²) < 4.78 is 0. The van der Waals surface area contributed by atoms with Crippen LogP contribution in [0.3, 0.4) is 0 Å². The molecule has 116 valence electrons. The van der Waals surface area contributed by atoms with Gasteiger partial charge in [-0.3, -0.25) is 4.79 Å². The Hall–Kier alpha value is -2.14. The van der Waals surface area contributed by atoms with Gasteiger partial charge in [-0.25, -0.2) is 4.79 Å². The first-order chi connectivity index (χ1) is 10.4. The van der Waals surface area contributed by atoms with Crippen molar-refractivity contribution in [2.45, 2.75) is 32.2 Å². The predicted molar refractivity (Wildman–Crippen MR) is 87.6 cm³/mol. The lowest BCUT2D eigenvalue weighted by Gasteiger charge is -2.26. The Kier molecular flexibility index (Phi) is 4.98. The molecule has 4 nitrogen and oxygen atoms in total. The number of aromatic carboxylic acids is 1. The fourth-order valence-electron chi connectivity index (χ4n) is 2.11. The average Bonchev–Trinajstić information content (AvgIpc) is 2.96. The second-order valence-corrected chi connectivity index (χ2v) is 6.88. The van der Waals surface area contributed by atoms with Gasteiger partial charge in [0.15, 0.2) is 0 Å². The molecule has 2 rings (SSSR count). The van der Waals surface area contributed by atoms with E-state index in [9.17, 15) is 9.59 Å². The Morgan fingerprint density at radius 2 is 1.73 bits per heavy atom. The van der Waals surface area contributed by atoms with E-state index < -0.39 is 5.97 Å². The van der Waals surface area contributed by atoms with E-state index in [1.54, 1.807) is 6.07 Å². The molecule has 1 aromatic carbocycles. The van der Waals surface area contributed by atoms with Crippen molar-refractivity contribution in [3.63, 3.8) is 0 Å². The van der Waals surface area contributed by atoms with E-state index in [2.05, 4.69) is 17.4 Å². The average molecular weight is 317 g/mol. The number of hydrogen-bond donors (Lipinski definition) is 2. The minimum absolute atomic E-state index is 0.173. The summed E-state index contributed by atoms with van der Waals surface area (Å²) in [7, 11) is 0. The van der Waals surface area contributed by atoms with Crippen LogP contribution in [0, 0.1) is 0 Å². The third-order valence-electron chi connectivity index (χ3n) is 3.37. The van der Waals surface area contributed by atoms with Crippen LogP contribution >= 0.6 is 11.3 Å². The number of rotatable bonds is 6. The van der Waals surface area contributed by atoms with E-state index >= 15 is 0 Å². The minimum atomic E-state index is -1.01. The molecule has 0 aliphatic carbocycles. The second kappa shape index (κ2) is 6.75. The van der Waals surface area contributed by atoms with Crippen molar-refractivity contribution in [3.05, 3.63) is 57.8 Å². The lowest BCUT2D eigenvalue weighted by atomic mass is 9.95. The third-order valence-corrected chi connectivity index (χ3v) is 4.45. The number of carboxylic acid groups (broad SMARTS) is 1.